The minimum Gasteiger partial charge on any atom is -0.598 e. The van der Waals surface area contributed by atoms with Crippen molar-refractivity contribution in [2.45, 2.75) is 38.0 Å². The van der Waals surface area contributed by atoms with Gasteiger partial charge in [-0.05, 0) is 32.9 Å². The predicted molar refractivity (Wildman–Crippen MR) is 75.3 cm³/mol. The smallest absolute Gasteiger partial charge is 0.305 e. The van der Waals surface area contributed by atoms with Crippen LogP contribution < -0.4 is 4.72 Å². The first kappa shape index (κ1) is 16.2. The number of carboxylic acid groups (broad SMARTS) is 1. The van der Waals surface area contributed by atoms with Crippen LogP contribution in [0.2, 0.25) is 5.02 Å². The van der Waals surface area contributed by atoms with Crippen molar-refractivity contribution in [2.24, 2.45) is 0 Å². The lowest BCUT2D eigenvalue weighted by atomic mass is 10.1. The molecule has 2 N–H and O–H groups in total. The van der Waals surface area contributed by atoms with Crippen molar-refractivity contribution < 1.29 is 14.5 Å². The van der Waals surface area contributed by atoms with Gasteiger partial charge < -0.3 is 9.66 Å². The van der Waals surface area contributed by atoms with Crippen LogP contribution in [-0.2, 0) is 16.2 Å². The van der Waals surface area contributed by atoms with Crippen molar-refractivity contribution in [1.29, 1.82) is 0 Å². The lowest BCUT2D eigenvalue weighted by Gasteiger charge is -2.27. The number of hydrogen-bond donors (Lipinski definition) is 2. The number of halogens is 1. The summed E-state index contributed by atoms with van der Waals surface area (Å²) in [5, 5.41) is 9.39. The standard InChI is InChI=1S/C12H17ClN2O3S/c1-12(2,3)19(18)15-10(7-11(16)17)9-6-8(13)4-5-14-9/h4-6,10,15H,7H2,1-3H3,(H,16,17). The molecule has 0 saturated heterocycles. The van der Waals surface area contributed by atoms with E-state index < -0.39 is 28.1 Å². The molecule has 2 unspecified atom stereocenters. The maximum absolute atomic E-state index is 12.1. The number of carbonyl (C=O) groups is 1. The van der Waals surface area contributed by atoms with Crippen LogP contribution in [-0.4, -0.2) is 25.4 Å². The fourth-order valence-corrected chi connectivity index (χ4v) is 2.28. The molecule has 0 aliphatic carbocycles. The Morgan fingerprint density at radius 1 is 1.63 bits per heavy atom. The Morgan fingerprint density at radius 2 is 2.26 bits per heavy atom. The van der Waals surface area contributed by atoms with E-state index in [-0.39, 0.29) is 6.42 Å². The number of rotatable bonds is 5. The van der Waals surface area contributed by atoms with Gasteiger partial charge in [0.05, 0.1) is 12.1 Å². The molecule has 0 aliphatic rings. The Morgan fingerprint density at radius 3 is 2.74 bits per heavy atom. The third kappa shape index (κ3) is 5.36. The molecule has 0 fully saturated rings. The Balaban J connectivity index is 2.92. The molecule has 7 heteroatoms. The van der Waals surface area contributed by atoms with Gasteiger partial charge in [0.25, 0.3) is 0 Å². The maximum atomic E-state index is 12.1. The number of nitrogens with one attached hydrogen (secondary N) is 1. The van der Waals surface area contributed by atoms with Gasteiger partial charge in [-0.15, -0.1) is 4.72 Å². The predicted octanol–water partition coefficient (Wildman–Crippen LogP) is 2.30. The number of pyridine rings is 1. The Hall–Kier alpha value is -0.820. The molecular formula is C12H17ClN2O3S. The molecule has 2 atom stereocenters. The lowest BCUT2D eigenvalue weighted by Crippen LogP contribution is -2.42. The highest BCUT2D eigenvalue weighted by Gasteiger charge is 2.31. The average molecular weight is 305 g/mol. The molecular weight excluding hydrogens is 288 g/mol. The Kier molecular flexibility index (Phi) is 5.61. The molecule has 1 aromatic heterocycles. The summed E-state index contributed by atoms with van der Waals surface area (Å²) < 4.78 is 14.4. The second-order valence-electron chi connectivity index (χ2n) is 5.05. The van der Waals surface area contributed by atoms with E-state index >= 15 is 0 Å². The van der Waals surface area contributed by atoms with E-state index in [9.17, 15) is 9.35 Å². The molecule has 0 aliphatic heterocycles. The molecule has 0 spiro atoms. The summed E-state index contributed by atoms with van der Waals surface area (Å²) in [6, 6.07) is 2.53. The zero-order chi connectivity index (χ0) is 14.6. The molecule has 0 saturated carbocycles. The fraction of sp³-hybridized carbons (Fsp3) is 0.500. The van der Waals surface area contributed by atoms with Gasteiger partial charge in [-0.25, -0.2) is 0 Å². The summed E-state index contributed by atoms with van der Waals surface area (Å²) in [7, 11) is 0. The third-order valence-corrected chi connectivity index (χ3v) is 4.13. The molecule has 0 bridgehead atoms. The highest BCUT2D eigenvalue weighted by Crippen LogP contribution is 2.22. The third-order valence-electron chi connectivity index (χ3n) is 2.28. The Bertz CT molecular complexity index is 451. The van der Waals surface area contributed by atoms with Gasteiger partial charge in [0.1, 0.15) is 10.8 Å². The van der Waals surface area contributed by atoms with E-state index in [1.807, 2.05) is 0 Å². The fourth-order valence-electron chi connectivity index (χ4n) is 1.30. The van der Waals surface area contributed by atoms with Gasteiger partial charge in [-0.1, -0.05) is 11.6 Å². The molecule has 106 valence electrons. The largest absolute Gasteiger partial charge is 0.598 e. The van der Waals surface area contributed by atoms with Crippen LogP contribution in [0.5, 0.6) is 0 Å². The van der Waals surface area contributed by atoms with Gasteiger partial charge in [0.2, 0.25) is 0 Å². The van der Waals surface area contributed by atoms with Gasteiger partial charge in [-0.2, -0.15) is 0 Å². The number of hydrogen-bond acceptors (Lipinski definition) is 4. The van der Waals surface area contributed by atoms with Crippen molar-refractivity contribution in [3.8, 4) is 0 Å². The van der Waals surface area contributed by atoms with Crippen LogP contribution in [0, 0.1) is 0 Å². The Labute approximate surface area is 120 Å². The van der Waals surface area contributed by atoms with E-state index in [0.717, 1.165) is 0 Å². The number of aromatic nitrogens is 1. The summed E-state index contributed by atoms with van der Waals surface area (Å²) in [5.41, 5.74) is 0.465. The van der Waals surface area contributed by atoms with Crippen LogP contribution in [0.15, 0.2) is 18.3 Å². The molecule has 1 heterocycles. The van der Waals surface area contributed by atoms with Crippen LogP contribution in [0.4, 0.5) is 0 Å². The molecule has 0 aromatic carbocycles. The van der Waals surface area contributed by atoms with Gasteiger partial charge in [0.15, 0.2) is 0 Å². The van der Waals surface area contributed by atoms with Gasteiger partial charge in [0, 0.05) is 22.6 Å². The summed E-state index contributed by atoms with van der Waals surface area (Å²) in [6.45, 7) is 5.41. The van der Waals surface area contributed by atoms with E-state index in [1.165, 1.54) is 6.20 Å². The van der Waals surface area contributed by atoms with Crippen molar-refractivity contribution in [3.05, 3.63) is 29.0 Å². The monoisotopic (exact) mass is 304 g/mol. The van der Waals surface area contributed by atoms with Crippen molar-refractivity contribution in [3.63, 3.8) is 0 Å². The van der Waals surface area contributed by atoms with Crippen LogP contribution >= 0.6 is 11.6 Å². The second kappa shape index (κ2) is 6.56. The first-order valence-corrected chi connectivity index (χ1v) is 7.24. The quantitative estimate of drug-likeness (QED) is 0.815. The molecule has 0 amide bonds. The van der Waals surface area contributed by atoms with Gasteiger partial charge in [-0.3, -0.25) is 9.78 Å². The minimum absolute atomic E-state index is 0.213. The van der Waals surface area contributed by atoms with Crippen LogP contribution in [0.1, 0.15) is 38.9 Å². The summed E-state index contributed by atoms with van der Waals surface area (Å²) in [4.78, 5) is 15.0. The second-order valence-corrected chi connectivity index (χ2v) is 7.48. The first-order valence-electron chi connectivity index (χ1n) is 5.71. The molecule has 5 nitrogen and oxygen atoms in total. The first-order chi connectivity index (χ1) is 8.70. The maximum Gasteiger partial charge on any atom is 0.305 e. The van der Waals surface area contributed by atoms with E-state index in [4.69, 9.17) is 16.7 Å². The number of nitrogens with zero attached hydrogens (tertiary/aromatic N) is 1. The summed E-state index contributed by atoms with van der Waals surface area (Å²) in [5.74, 6) is -0.995. The van der Waals surface area contributed by atoms with E-state index in [0.29, 0.717) is 10.7 Å². The van der Waals surface area contributed by atoms with E-state index in [1.54, 1.807) is 32.9 Å². The highest BCUT2D eigenvalue weighted by molar-refractivity contribution is 7.90. The lowest BCUT2D eigenvalue weighted by molar-refractivity contribution is -0.137. The highest BCUT2D eigenvalue weighted by atomic mass is 35.5. The van der Waals surface area contributed by atoms with Crippen LogP contribution in [0.25, 0.3) is 0 Å². The zero-order valence-electron chi connectivity index (χ0n) is 11.0. The molecule has 19 heavy (non-hydrogen) atoms. The SMILES string of the molecule is CC(C)(C)[S+]([O-])NC(CC(=O)O)c1cc(Cl)ccn1. The summed E-state index contributed by atoms with van der Waals surface area (Å²) in [6.07, 6.45) is 1.28. The minimum atomic E-state index is -1.39. The number of aliphatic carboxylic acids is 1. The van der Waals surface area contributed by atoms with Crippen molar-refractivity contribution >= 4 is 28.9 Å². The van der Waals surface area contributed by atoms with Gasteiger partial charge >= 0.3 is 5.97 Å². The molecule has 1 rings (SSSR count). The zero-order valence-corrected chi connectivity index (χ0v) is 12.6. The topological polar surface area (TPSA) is 85.3 Å². The van der Waals surface area contributed by atoms with Crippen molar-refractivity contribution in [2.75, 3.05) is 0 Å². The molecule has 1 aromatic rings. The van der Waals surface area contributed by atoms with Crippen molar-refractivity contribution in [1.82, 2.24) is 9.71 Å². The van der Waals surface area contributed by atoms with Crippen LogP contribution in [0.3, 0.4) is 0 Å². The number of carboxylic acids is 1. The van der Waals surface area contributed by atoms with E-state index in [2.05, 4.69) is 9.71 Å². The molecule has 0 radical (unpaired) electrons. The average Bonchev–Trinajstić information content (AvgIpc) is 2.26. The normalized spacial score (nSPS) is 15.0. The summed E-state index contributed by atoms with van der Waals surface area (Å²) >= 11 is 4.47.